The Hall–Kier alpha value is -2.41. The van der Waals surface area contributed by atoms with Crippen LogP contribution in [0.25, 0.3) is 0 Å². The molecule has 0 spiro atoms. The highest BCUT2D eigenvalue weighted by atomic mass is 16.5. The van der Waals surface area contributed by atoms with Crippen LogP contribution < -0.4 is 5.56 Å². The lowest BCUT2D eigenvalue weighted by atomic mass is 10.1. The van der Waals surface area contributed by atoms with Crippen molar-refractivity contribution in [3.05, 3.63) is 52.1 Å². The monoisotopic (exact) mass is 303 g/mol. The molecular formula is C15H17N3O4. The van der Waals surface area contributed by atoms with Crippen LogP contribution in [0, 0.1) is 0 Å². The summed E-state index contributed by atoms with van der Waals surface area (Å²) in [7, 11) is 1.58. The second kappa shape index (κ2) is 6.15. The first kappa shape index (κ1) is 14.5. The summed E-state index contributed by atoms with van der Waals surface area (Å²) < 4.78 is 12.0. The fourth-order valence-electron chi connectivity index (χ4n) is 2.49. The summed E-state index contributed by atoms with van der Waals surface area (Å²) in [6, 6.07) is 4.83. The molecule has 0 N–H and O–H groups in total. The molecule has 3 heterocycles. The number of fused-ring (bicyclic) bond motifs is 1. The average molecular weight is 303 g/mol. The molecule has 0 radical (unpaired) electrons. The average Bonchev–Trinajstić information content (AvgIpc) is 2.91. The SMILES string of the molecule is COCc1nc2c(o1)CCN(C(=O)Cn1ccccc1=O)C2. The van der Waals surface area contributed by atoms with Crippen LogP contribution in [0.3, 0.4) is 0 Å². The molecule has 1 aliphatic rings. The van der Waals surface area contributed by atoms with E-state index in [2.05, 4.69) is 4.98 Å². The maximum Gasteiger partial charge on any atom is 0.250 e. The smallest absolute Gasteiger partial charge is 0.250 e. The standard InChI is InChI=1S/C15H17N3O4/c1-21-10-13-16-11-8-18(7-5-12(11)22-13)15(20)9-17-6-3-2-4-14(17)19/h2-4,6H,5,7-10H2,1H3. The number of amides is 1. The molecule has 22 heavy (non-hydrogen) atoms. The van der Waals surface area contributed by atoms with Gasteiger partial charge >= 0.3 is 0 Å². The molecular weight excluding hydrogens is 286 g/mol. The van der Waals surface area contributed by atoms with Gasteiger partial charge in [0.1, 0.15) is 24.6 Å². The van der Waals surface area contributed by atoms with Gasteiger partial charge in [-0.3, -0.25) is 9.59 Å². The molecule has 3 rings (SSSR count). The highest BCUT2D eigenvalue weighted by Crippen LogP contribution is 2.20. The lowest BCUT2D eigenvalue weighted by molar-refractivity contribution is -0.132. The van der Waals surface area contributed by atoms with Crippen molar-refractivity contribution in [2.24, 2.45) is 0 Å². The summed E-state index contributed by atoms with van der Waals surface area (Å²) in [5, 5.41) is 0. The van der Waals surface area contributed by atoms with E-state index in [1.54, 1.807) is 30.3 Å². The summed E-state index contributed by atoms with van der Waals surface area (Å²) >= 11 is 0. The Labute approximate surface area is 127 Å². The molecule has 116 valence electrons. The van der Waals surface area contributed by atoms with Gasteiger partial charge in [0, 0.05) is 32.3 Å². The van der Waals surface area contributed by atoms with Crippen LogP contribution in [-0.4, -0.2) is 34.0 Å². The number of carbonyl (C=O) groups excluding carboxylic acids is 1. The van der Waals surface area contributed by atoms with Gasteiger partial charge in [0.25, 0.3) is 5.56 Å². The van der Waals surface area contributed by atoms with E-state index in [0.29, 0.717) is 32.0 Å². The summed E-state index contributed by atoms with van der Waals surface area (Å²) in [6.45, 7) is 1.33. The van der Waals surface area contributed by atoms with Gasteiger partial charge in [-0.05, 0) is 6.07 Å². The molecule has 0 fully saturated rings. The number of nitrogens with zero attached hydrogens (tertiary/aromatic N) is 3. The molecule has 1 aliphatic heterocycles. The predicted octanol–water partition coefficient (Wildman–Crippen LogP) is 0.568. The Bertz CT molecular complexity index is 734. The van der Waals surface area contributed by atoms with Crippen LogP contribution >= 0.6 is 0 Å². The van der Waals surface area contributed by atoms with Gasteiger partial charge in [-0.25, -0.2) is 4.98 Å². The summed E-state index contributed by atoms with van der Waals surface area (Å²) in [5.41, 5.74) is 0.587. The fraction of sp³-hybridized carbons (Fsp3) is 0.400. The second-order valence-corrected chi connectivity index (χ2v) is 5.14. The number of rotatable bonds is 4. The molecule has 0 unspecified atom stereocenters. The molecule has 0 saturated carbocycles. The van der Waals surface area contributed by atoms with Crippen molar-refractivity contribution in [2.45, 2.75) is 26.1 Å². The van der Waals surface area contributed by atoms with Crippen molar-refractivity contribution in [1.82, 2.24) is 14.5 Å². The Morgan fingerprint density at radius 2 is 2.32 bits per heavy atom. The van der Waals surface area contributed by atoms with Crippen molar-refractivity contribution in [3.8, 4) is 0 Å². The lowest BCUT2D eigenvalue weighted by Crippen LogP contribution is -2.39. The van der Waals surface area contributed by atoms with Crippen molar-refractivity contribution in [2.75, 3.05) is 13.7 Å². The van der Waals surface area contributed by atoms with Gasteiger partial charge in [0.2, 0.25) is 11.8 Å². The molecule has 0 saturated heterocycles. The topological polar surface area (TPSA) is 77.6 Å². The van der Waals surface area contributed by atoms with Crippen molar-refractivity contribution >= 4 is 5.91 Å². The Morgan fingerprint density at radius 3 is 3.09 bits per heavy atom. The normalized spacial score (nSPS) is 14.0. The minimum Gasteiger partial charge on any atom is -0.443 e. The van der Waals surface area contributed by atoms with E-state index >= 15 is 0 Å². The first-order valence-corrected chi connectivity index (χ1v) is 7.07. The van der Waals surface area contributed by atoms with Gasteiger partial charge in [0.15, 0.2) is 0 Å². The molecule has 0 aliphatic carbocycles. The number of methoxy groups -OCH3 is 1. The molecule has 2 aromatic rings. The number of hydrogen-bond acceptors (Lipinski definition) is 5. The Kier molecular flexibility index (Phi) is 4.06. The van der Waals surface area contributed by atoms with E-state index in [0.717, 1.165) is 11.5 Å². The van der Waals surface area contributed by atoms with Crippen LogP contribution in [0.1, 0.15) is 17.3 Å². The van der Waals surface area contributed by atoms with Crippen molar-refractivity contribution in [1.29, 1.82) is 0 Å². The maximum atomic E-state index is 12.3. The van der Waals surface area contributed by atoms with Crippen molar-refractivity contribution < 1.29 is 13.9 Å². The molecule has 7 heteroatoms. The summed E-state index contributed by atoms with van der Waals surface area (Å²) in [6.07, 6.45) is 2.24. The van der Waals surface area contributed by atoms with Crippen LogP contribution in [0.15, 0.2) is 33.6 Å². The lowest BCUT2D eigenvalue weighted by Gasteiger charge is -2.25. The van der Waals surface area contributed by atoms with Crippen LogP contribution in [0.5, 0.6) is 0 Å². The van der Waals surface area contributed by atoms with Gasteiger partial charge in [-0.1, -0.05) is 6.07 Å². The number of carbonyl (C=O) groups is 1. The highest BCUT2D eigenvalue weighted by Gasteiger charge is 2.25. The number of ether oxygens (including phenoxy) is 1. The number of oxazole rings is 1. The first-order chi connectivity index (χ1) is 10.7. The van der Waals surface area contributed by atoms with Gasteiger partial charge in [-0.15, -0.1) is 0 Å². The predicted molar refractivity (Wildman–Crippen MR) is 77.0 cm³/mol. The van der Waals surface area contributed by atoms with E-state index in [4.69, 9.17) is 9.15 Å². The third-order valence-electron chi connectivity index (χ3n) is 3.60. The van der Waals surface area contributed by atoms with E-state index < -0.39 is 0 Å². The molecule has 0 atom stereocenters. The van der Waals surface area contributed by atoms with Crippen LogP contribution in [0.4, 0.5) is 0 Å². The zero-order chi connectivity index (χ0) is 15.5. The molecule has 2 aromatic heterocycles. The first-order valence-electron chi connectivity index (χ1n) is 7.07. The largest absolute Gasteiger partial charge is 0.443 e. The minimum atomic E-state index is -0.183. The highest BCUT2D eigenvalue weighted by molar-refractivity contribution is 5.76. The molecule has 0 aromatic carbocycles. The maximum absolute atomic E-state index is 12.3. The number of hydrogen-bond donors (Lipinski definition) is 0. The van der Waals surface area contributed by atoms with Crippen LogP contribution in [-0.2, 0) is 35.6 Å². The summed E-state index contributed by atoms with van der Waals surface area (Å²) in [5.74, 6) is 1.24. The number of aromatic nitrogens is 2. The van der Waals surface area contributed by atoms with Gasteiger partial charge in [0.05, 0.1) is 6.54 Å². The zero-order valence-corrected chi connectivity index (χ0v) is 12.3. The number of pyridine rings is 1. The van der Waals surface area contributed by atoms with Crippen molar-refractivity contribution in [3.63, 3.8) is 0 Å². The fourth-order valence-corrected chi connectivity index (χ4v) is 2.49. The Morgan fingerprint density at radius 1 is 1.45 bits per heavy atom. The van der Waals surface area contributed by atoms with Gasteiger partial charge < -0.3 is 18.6 Å². The quantitative estimate of drug-likeness (QED) is 0.825. The third kappa shape index (κ3) is 2.94. The zero-order valence-electron chi connectivity index (χ0n) is 12.3. The summed E-state index contributed by atoms with van der Waals surface area (Å²) in [4.78, 5) is 30.0. The minimum absolute atomic E-state index is 0.0395. The molecule has 0 bridgehead atoms. The van der Waals surface area contributed by atoms with E-state index in [9.17, 15) is 9.59 Å². The molecule has 7 nitrogen and oxygen atoms in total. The van der Waals surface area contributed by atoms with E-state index in [1.807, 2.05) is 0 Å². The van der Waals surface area contributed by atoms with E-state index in [-0.39, 0.29) is 18.0 Å². The molecule has 1 amide bonds. The second-order valence-electron chi connectivity index (χ2n) is 5.14. The van der Waals surface area contributed by atoms with Gasteiger partial charge in [-0.2, -0.15) is 0 Å². The third-order valence-corrected chi connectivity index (χ3v) is 3.60. The Balaban J connectivity index is 1.70. The van der Waals surface area contributed by atoms with E-state index in [1.165, 1.54) is 10.6 Å². The van der Waals surface area contributed by atoms with Crippen LogP contribution in [0.2, 0.25) is 0 Å².